The van der Waals surface area contributed by atoms with Gasteiger partial charge in [0, 0.05) is 38.1 Å². The molecule has 1 saturated heterocycles. The largest absolute Gasteiger partial charge is 0.340 e. The lowest BCUT2D eigenvalue weighted by molar-refractivity contribution is 0.311. The molecule has 0 unspecified atom stereocenters. The van der Waals surface area contributed by atoms with Gasteiger partial charge in [-0.05, 0) is 36.4 Å². The fourth-order valence-corrected chi connectivity index (χ4v) is 3.10. The molecule has 5 heteroatoms. The van der Waals surface area contributed by atoms with Crippen LogP contribution in [0.15, 0.2) is 66.9 Å². The summed E-state index contributed by atoms with van der Waals surface area (Å²) in [6.07, 6.45) is 1.82. The third kappa shape index (κ3) is 3.83. The molecule has 0 atom stereocenters. The number of anilines is 3. The summed E-state index contributed by atoms with van der Waals surface area (Å²) < 4.78 is 0. The molecule has 0 amide bonds. The van der Waals surface area contributed by atoms with Crippen molar-refractivity contribution in [3.63, 3.8) is 0 Å². The maximum absolute atomic E-state index is 4.68. The maximum Gasteiger partial charge on any atom is 0.227 e. The molecule has 5 nitrogen and oxygen atoms in total. The number of nitrogens with zero attached hydrogens (tertiary/aromatic N) is 4. The summed E-state index contributed by atoms with van der Waals surface area (Å²) in [6, 6.07) is 20.7. The first kappa shape index (κ1) is 16.5. The van der Waals surface area contributed by atoms with Crippen LogP contribution >= 0.6 is 0 Å². The van der Waals surface area contributed by atoms with Gasteiger partial charge in [0.25, 0.3) is 0 Å². The normalized spacial score (nSPS) is 15.0. The van der Waals surface area contributed by atoms with E-state index in [-0.39, 0.29) is 0 Å². The van der Waals surface area contributed by atoms with Gasteiger partial charge in [-0.2, -0.15) is 4.98 Å². The molecule has 0 bridgehead atoms. The Morgan fingerprint density at radius 3 is 2.23 bits per heavy atom. The van der Waals surface area contributed by atoms with Crippen LogP contribution in [-0.2, 0) is 0 Å². The Morgan fingerprint density at radius 2 is 1.50 bits per heavy atom. The van der Waals surface area contributed by atoms with Crippen LogP contribution in [-0.4, -0.2) is 48.1 Å². The summed E-state index contributed by atoms with van der Waals surface area (Å²) in [5, 5.41) is 3.38. The Balaban J connectivity index is 1.46. The van der Waals surface area contributed by atoms with Gasteiger partial charge in [0.05, 0.1) is 0 Å². The second-order valence-electron chi connectivity index (χ2n) is 6.60. The second-order valence-corrected chi connectivity index (χ2v) is 6.60. The summed E-state index contributed by atoms with van der Waals surface area (Å²) in [4.78, 5) is 13.7. The lowest BCUT2D eigenvalue weighted by Gasteiger charge is -2.32. The molecule has 2 heterocycles. The van der Waals surface area contributed by atoms with Crippen molar-refractivity contribution >= 4 is 17.5 Å². The first-order valence-corrected chi connectivity index (χ1v) is 8.97. The first-order valence-electron chi connectivity index (χ1n) is 8.97. The zero-order valence-corrected chi connectivity index (χ0v) is 15.0. The molecule has 26 heavy (non-hydrogen) atoms. The number of piperazine rings is 1. The fraction of sp³-hybridized carbons (Fsp3) is 0.238. The van der Waals surface area contributed by atoms with Gasteiger partial charge >= 0.3 is 0 Å². The van der Waals surface area contributed by atoms with Gasteiger partial charge in [0.2, 0.25) is 5.95 Å². The maximum atomic E-state index is 4.68. The second kappa shape index (κ2) is 7.54. The number of hydrogen-bond donors (Lipinski definition) is 1. The molecule has 0 spiro atoms. The highest BCUT2D eigenvalue weighted by atomic mass is 15.3. The SMILES string of the molecule is CN1CCN(c2nccc(Nc3ccc(-c4ccccc4)cc3)n2)CC1. The summed E-state index contributed by atoms with van der Waals surface area (Å²) in [6.45, 7) is 4.02. The monoisotopic (exact) mass is 345 g/mol. The highest BCUT2D eigenvalue weighted by Crippen LogP contribution is 2.23. The predicted octanol–water partition coefficient (Wildman–Crippen LogP) is 3.64. The lowest BCUT2D eigenvalue weighted by atomic mass is 10.1. The number of benzene rings is 2. The summed E-state index contributed by atoms with van der Waals surface area (Å²) in [5.41, 5.74) is 3.45. The van der Waals surface area contributed by atoms with Gasteiger partial charge in [0.15, 0.2) is 0 Å². The smallest absolute Gasteiger partial charge is 0.227 e. The van der Waals surface area contributed by atoms with E-state index in [1.807, 2.05) is 18.3 Å². The molecule has 1 fully saturated rings. The van der Waals surface area contributed by atoms with Crippen LogP contribution in [0, 0.1) is 0 Å². The molecule has 1 aromatic heterocycles. The van der Waals surface area contributed by atoms with E-state index in [2.05, 4.69) is 80.7 Å². The molecule has 1 aliphatic rings. The molecule has 0 saturated carbocycles. The molecule has 0 aliphatic carbocycles. The number of likely N-dealkylation sites (N-methyl/N-ethyl adjacent to an activating group) is 1. The van der Waals surface area contributed by atoms with Crippen molar-refractivity contribution in [1.82, 2.24) is 14.9 Å². The van der Waals surface area contributed by atoms with E-state index in [4.69, 9.17) is 0 Å². The molecule has 4 rings (SSSR count). The average molecular weight is 345 g/mol. The number of nitrogens with one attached hydrogen (secondary N) is 1. The van der Waals surface area contributed by atoms with E-state index in [0.717, 1.165) is 43.6 Å². The molecule has 132 valence electrons. The zero-order valence-electron chi connectivity index (χ0n) is 15.0. The molecule has 1 aliphatic heterocycles. The van der Waals surface area contributed by atoms with Gasteiger partial charge < -0.3 is 15.1 Å². The van der Waals surface area contributed by atoms with Crippen molar-refractivity contribution in [2.24, 2.45) is 0 Å². The van der Waals surface area contributed by atoms with Crippen LogP contribution in [0.1, 0.15) is 0 Å². The van der Waals surface area contributed by atoms with Crippen LogP contribution in [0.4, 0.5) is 17.5 Å². The quantitative estimate of drug-likeness (QED) is 0.782. The molecule has 3 aromatic rings. The van der Waals surface area contributed by atoms with Gasteiger partial charge in [-0.15, -0.1) is 0 Å². The van der Waals surface area contributed by atoms with Crippen molar-refractivity contribution < 1.29 is 0 Å². The van der Waals surface area contributed by atoms with Gasteiger partial charge in [0.1, 0.15) is 5.82 Å². The average Bonchev–Trinajstić information content (AvgIpc) is 2.70. The standard InChI is InChI=1S/C21H23N5/c1-25-13-15-26(16-14-25)21-22-12-11-20(24-21)23-19-9-7-18(8-10-19)17-5-3-2-4-6-17/h2-12H,13-16H2,1H3,(H,22,23,24). The van der Waals surface area contributed by atoms with E-state index in [9.17, 15) is 0 Å². The minimum atomic E-state index is 0.795. The summed E-state index contributed by atoms with van der Waals surface area (Å²) in [5.74, 6) is 1.62. The lowest BCUT2D eigenvalue weighted by Crippen LogP contribution is -2.45. The number of hydrogen-bond acceptors (Lipinski definition) is 5. The van der Waals surface area contributed by atoms with E-state index >= 15 is 0 Å². The Labute approximate surface area is 154 Å². The zero-order chi connectivity index (χ0) is 17.8. The molecule has 0 radical (unpaired) electrons. The van der Waals surface area contributed by atoms with Crippen LogP contribution in [0.3, 0.4) is 0 Å². The van der Waals surface area contributed by atoms with Crippen molar-refractivity contribution in [3.8, 4) is 11.1 Å². The van der Waals surface area contributed by atoms with Crippen molar-refractivity contribution in [1.29, 1.82) is 0 Å². The van der Waals surface area contributed by atoms with Crippen LogP contribution < -0.4 is 10.2 Å². The van der Waals surface area contributed by atoms with Crippen LogP contribution in [0.2, 0.25) is 0 Å². The Hall–Kier alpha value is -2.92. The van der Waals surface area contributed by atoms with Gasteiger partial charge in [-0.25, -0.2) is 4.98 Å². The van der Waals surface area contributed by atoms with Gasteiger partial charge in [-0.1, -0.05) is 42.5 Å². The number of aromatic nitrogens is 2. The molecular weight excluding hydrogens is 322 g/mol. The Morgan fingerprint density at radius 1 is 0.808 bits per heavy atom. The predicted molar refractivity (Wildman–Crippen MR) is 107 cm³/mol. The topological polar surface area (TPSA) is 44.3 Å². The fourth-order valence-electron chi connectivity index (χ4n) is 3.10. The van der Waals surface area contributed by atoms with Crippen molar-refractivity contribution in [2.45, 2.75) is 0 Å². The minimum absolute atomic E-state index is 0.795. The minimum Gasteiger partial charge on any atom is -0.340 e. The third-order valence-corrected chi connectivity index (χ3v) is 4.69. The van der Waals surface area contributed by atoms with E-state index in [0.29, 0.717) is 0 Å². The van der Waals surface area contributed by atoms with Crippen molar-refractivity contribution in [2.75, 3.05) is 43.4 Å². The Bertz CT molecular complexity index is 840. The van der Waals surface area contributed by atoms with E-state index in [1.165, 1.54) is 11.1 Å². The number of rotatable bonds is 4. The van der Waals surface area contributed by atoms with Crippen LogP contribution in [0.5, 0.6) is 0 Å². The molecule has 2 aromatic carbocycles. The highest BCUT2D eigenvalue weighted by molar-refractivity contribution is 5.67. The van der Waals surface area contributed by atoms with Gasteiger partial charge in [-0.3, -0.25) is 0 Å². The molecule has 1 N–H and O–H groups in total. The van der Waals surface area contributed by atoms with E-state index in [1.54, 1.807) is 0 Å². The summed E-state index contributed by atoms with van der Waals surface area (Å²) in [7, 11) is 2.15. The third-order valence-electron chi connectivity index (χ3n) is 4.69. The highest BCUT2D eigenvalue weighted by Gasteiger charge is 2.16. The van der Waals surface area contributed by atoms with Crippen molar-refractivity contribution in [3.05, 3.63) is 66.9 Å². The van der Waals surface area contributed by atoms with Crippen LogP contribution in [0.25, 0.3) is 11.1 Å². The molecular formula is C21H23N5. The van der Waals surface area contributed by atoms with E-state index < -0.39 is 0 Å². The Kier molecular flexibility index (Phi) is 4.80. The summed E-state index contributed by atoms with van der Waals surface area (Å²) >= 11 is 0. The first-order chi connectivity index (χ1) is 12.8.